The molecule has 1 aliphatic rings. The second-order valence-electron chi connectivity index (χ2n) is 10.6. The number of benzene rings is 1. The van der Waals surface area contributed by atoms with E-state index in [9.17, 15) is 14.4 Å². The van der Waals surface area contributed by atoms with Crippen LogP contribution in [-0.2, 0) is 15.0 Å². The predicted octanol–water partition coefficient (Wildman–Crippen LogP) is 4.89. The Morgan fingerprint density at radius 2 is 1.83 bits per heavy atom. The van der Waals surface area contributed by atoms with E-state index in [4.69, 9.17) is 32.7 Å². The number of aryl methyl sites for hydroxylation is 1. The highest BCUT2D eigenvalue weighted by molar-refractivity contribution is 6.44. The third-order valence-electron chi connectivity index (χ3n) is 7.33. The molecule has 2 aromatic heterocycles. The summed E-state index contributed by atoms with van der Waals surface area (Å²) in [6.45, 7) is 8.25. The maximum absolute atomic E-state index is 13.4. The molecule has 1 saturated heterocycles. The molecule has 224 valence electrons. The van der Waals surface area contributed by atoms with E-state index in [1.165, 1.54) is 6.20 Å². The summed E-state index contributed by atoms with van der Waals surface area (Å²) in [5.41, 5.74) is 1.24. The summed E-state index contributed by atoms with van der Waals surface area (Å²) in [5.74, 6) is -0.961. The third-order valence-corrected chi connectivity index (χ3v) is 8.28. The van der Waals surface area contributed by atoms with Crippen molar-refractivity contribution in [2.24, 2.45) is 0 Å². The summed E-state index contributed by atoms with van der Waals surface area (Å²) in [6, 6.07) is 10.8. The number of anilines is 1. The van der Waals surface area contributed by atoms with Gasteiger partial charge < -0.3 is 30.0 Å². The number of hydrogen-bond acceptors (Lipinski definition) is 7. The predicted molar refractivity (Wildman–Crippen MR) is 162 cm³/mol. The second-order valence-corrected chi connectivity index (χ2v) is 11.4. The minimum Gasteiger partial charge on any atom is -0.462 e. The number of pyridine rings is 1. The van der Waals surface area contributed by atoms with Gasteiger partial charge in [0.2, 0.25) is 0 Å². The van der Waals surface area contributed by atoms with Gasteiger partial charge in [-0.1, -0.05) is 53.5 Å². The molecule has 1 fully saturated rings. The van der Waals surface area contributed by atoms with Gasteiger partial charge in [0.15, 0.2) is 0 Å². The zero-order valence-electron chi connectivity index (χ0n) is 24.2. The fourth-order valence-electron chi connectivity index (χ4n) is 4.95. The van der Waals surface area contributed by atoms with Crippen molar-refractivity contribution in [3.63, 3.8) is 0 Å². The van der Waals surface area contributed by atoms with Crippen molar-refractivity contribution in [2.75, 3.05) is 31.7 Å². The number of carbonyl (C=O) groups is 3. The number of nitrogens with one attached hydrogen (secondary N) is 3. The number of halogens is 2. The highest BCUT2D eigenvalue weighted by atomic mass is 35.5. The van der Waals surface area contributed by atoms with Gasteiger partial charge in [-0.3, -0.25) is 9.59 Å². The maximum atomic E-state index is 13.4. The molecular weight excluding hydrogens is 581 g/mol. The van der Waals surface area contributed by atoms with Crippen molar-refractivity contribution in [1.82, 2.24) is 20.6 Å². The number of piperidine rings is 1. The largest absolute Gasteiger partial charge is 0.462 e. The van der Waals surface area contributed by atoms with Crippen LogP contribution >= 0.6 is 23.2 Å². The number of H-pyrrole nitrogens is 1. The number of aromatic nitrogens is 2. The van der Waals surface area contributed by atoms with Crippen molar-refractivity contribution in [3.05, 3.63) is 80.7 Å². The van der Waals surface area contributed by atoms with E-state index < -0.39 is 23.5 Å². The lowest BCUT2D eigenvalue weighted by Gasteiger charge is -2.38. The highest BCUT2D eigenvalue weighted by Gasteiger charge is 2.34. The fraction of sp³-hybridized carbons (Fsp3) is 0.400. The Balaban J connectivity index is 1.53. The summed E-state index contributed by atoms with van der Waals surface area (Å²) in [4.78, 5) is 48.7. The van der Waals surface area contributed by atoms with Gasteiger partial charge in [-0.15, -0.1) is 0 Å². The van der Waals surface area contributed by atoms with Gasteiger partial charge in [-0.25, -0.2) is 9.78 Å². The molecule has 10 nitrogen and oxygen atoms in total. The maximum Gasteiger partial charge on any atom is 0.339 e. The van der Waals surface area contributed by atoms with Crippen molar-refractivity contribution in [1.29, 1.82) is 0 Å². The van der Waals surface area contributed by atoms with Crippen LogP contribution in [0.3, 0.4) is 0 Å². The van der Waals surface area contributed by atoms with E-state index in [-0.39, 0.29) is 40.4 Å². The number of amides is 2. The SMILES string of the molecule is CCOC(=O)c1cc(N2CC[C@@H](NC(=O)c3[nH]c(C)c(Cl)c3Cl)[C@@H](OC)C2)ncc1C(=O)NC(C)(C)c1ccccc1. The third kappa shape index (κ3) is 6.72. The molecule has 2 amide bonds. The zero-order chi connectivity index (χ0) is 30.6. The van der Waals surface area contributed by atoms with Gasteiger partial charge >= 0.3 is 5.97 Å². The smallest absolute Gasteiger partial charge is 0.339 e. The first kappa shape index (κ1) is 31.3. The first-order chi connectivity index (χ1) is 20.0. The van der Waals surface area contributed by atoms with Crippen molar-refractivity contribution in [2.45, 2.75) is 51.8 Å². The van der Waals surface area contributed by atoms with Crippen LogP contribution in [0.15, 0.2) is 42.6 Å². The molecule has 0 aliphatic carbocycles. The molecule has 1 aliphatic heterocycles. The minimum absolute atomic E-state index is 0.112. The quantitative estimate of drug-likeness (QED) is 0.293. The standard InChI is InChI=1S/C30H35Cl2N5O5/c1-6-42-29(40)19-14-23(33-15-20(19)27(38)36-30(3,4)18-10-8-7-9-11-18)37-13-12-21(22(16-37)41-5)35-28(39)26-25(32)24(31)17(2)34-26/h7-11,14-15,21-22,34H,6,12-13,16H2,1-5H3,(H,35,39)(H,36,38)/t21-,22+/m1/s1. The van der Waals surface area contributed by atoms with E-state index in [1.54, 1.807) is 27.0 Å². The number of methoxy groups -OCH3 is 1. The number of nitrogens with zero attached hydrogens (tertiary/aromatic N) is 2. The van der Waals surface area contributed by atoms with Crippen molar-refractivity contribution in [3.8, 4) is 0 Å². The summed E-state index contributed by atoms with van der Waals surface area (Å²) < 4.78 is 11.0. The summed E-state index contributed by atoms with van der Waals surface area (Å²) in [6.07, 6.45) is 1.53. The van der Waals surface area contributed by atoms with Gasteiger partial charge in [0.1, 0.15) is 11.5 Å². The van der Waals surface area contributed by atoms with Gasteiger partial charge in [0.05, 0.1) is 45.5 Å². The van der Waals surface area contributed by atoms with E-state index in [0.717, 1.165) is 5.56 Å². The molecule has 3 N–H and O–H groups in total. The first-order valence-corrected chi connectivity index (χ1v) is 14.4. The van der Waals surface area contributed by atoms with Crippen LogP contribution in [0, 0.1) is 6.92 Å². The molecule has 0 unspecified atom stereocenters. The van der Waals surface area contributed by atoms with Crippen molar-refractivity contribution >= 4 is 46.8 Å². The molecule has 3 aromatic rings. The molecular formula is C30H35Cl2N5O5. The number of hydrogen-bond donors (Lipinski definition) is 3. The molecule has 0 bridgehead atoms. The second kappa shape index (κ2) is 13.1. The molecule has 0 spiro atoms. The van der Waals surface area contributed by atoms with E-state index in [0.29, 0.717) is 36.0 Å². The van der Waals surface area contributed by atoms with Gasteiger partial charge in [0, 0.05) is 32.1 Å². The van der Waals surface area contributed by atoms with Gasteiger partial charge in [0.25, 0.3) is 11.8 Å². The van der Waals surface area contributed by atoms with Crippen molar-refractivity contribution < 1.29 is 23.9 Å². The Labute approximate surface area is 255 Å². The monoisotopic (exact) mass is 615 g/mol. The molecule has 4 rings (SSSR count). The Hall–Kier alpha value is -3.60. The van der Waals surface area contributed by atoms with E-state index in [2.05, 4.69) is 20.6 Å². The number of esters is 1. The Kier molecular flexibility index (Phi) is 9.81. The molecule has 1 aromatic carbocycles. The summed E-state index contributed by atoms with van der Waals surface area (Å²) in [5, 5.41) is 6.47. The summed E-state index contributed by atoms with van der Waals surface area (Å²) >= 11 is 12.4. The molecule has 3 heterocycles. The molecule has 42 heavy (non-hydrogen) atoms. The van der Waals surface area contributed by atoms with E-state index in [1.807, 2.05) is 49.1 Å². The lowest BCUT2D eigenvalue weighted by atomic mass is 9.93. The van der Waals surface area contributed by atoms with Gasteiger partial charge in [-0.05, 0) is 45.7 Å². The minimum atomic E-state index is -0.699. The first-order valence-electron chi connectivity index (χ1n) is 13.6. The van der Waals surface area contributed by atoms with Crippen LogP contribution < -0.4 is 15.5 Å². The lowest BCUT2D eigenvalue weighted by molar-refractivity contribution is 0.0518. The van der Waals surface area contributed by atoms with E-state index >= 15 is 0 Å². The zero-order valence-corrected chi connectivity index (χ0v) is 25.7. The van der Waals surface area contributed by atoms with Crippen LogP contribution in [0.1, 0.15) is 69.7 Å². The number of rotatable bonds is 9. The van der Waals surface area contributed by atoms with Crippen LogP contribution in [0.25, 0.3) is 0 Å². The van der Waals surface area contributed by atoms with Crippen LogP contribution in [-0.4, -0.2) is 66.7 Å². The van der Waals surface area contributed by atoms with Crippen LogP contribution in [0.2, 0.25) is 10.0 Å². The fourth-order valence-corrected chi connectivity index (χ4v) is 5.37. The Morgan fingerprint density at radius 1 is 1.12 bits per heavy atom. The molecule has 2 atom stereocenters. The summed E-state index contributed by atoms with van der Waals surface area (Å²) in [7, 11) is 1.56. The number of aromatic amines is 1. The highest BCUT2D eigenvalue weighted by Crippen LogP contribution is 2.30. The number of ether oxygens (including phenoxy) is 2. The Bertz CT molecular complexity index is 1460. The molecule has 12 heteroatoms. The average molecular weight is 617 g/mol. The average Bonchev–Trinajstić information content (AvgIpc) is 3.24. The molecule has 0 saturated carbocycles. The van der Waals surface area contributed by atoms with Crippen LogP contribution in [0.5, 0.6) is 0 Å². The van der Waals surface area contributed by atoms with Gasteiger partial charge in [-0.2, -0.15) is 0 Å². The normalized spacial score (nSPS) is 17.1. The Morgan fingerprint density at radius 3 is 2.45 bits per heavy atom. The van der Waals surface area contributed by atoms with Crippen LogP contribution in [0.4, 0.5) is 5.82 Å². The topological polar surface area (TPSA) is 126 Å². The molecule has 0 radical (unpaired) electrons. The number of carbonyl (C=O) groups excluding carboxylic acids is 3. The lowest BCUT2D eigenvalue weighted by Crippen LogP contribution is -2.55.